The van der Waals surface area contributed by atoms with Crippen LogP contribution in [-0.4, -0.2) is 45.9 Å². The first kappa shape index (κ1) is 19.6. The van der Waals surface area contributed by atoms with E-state index in [4.69, 9.17) is 22.7 Å². The van der Waals surface area contributed by atoms with Crippen LogP contribution in [0.4, 0.5) is 0 Å². The summed E-state index contributed by atoms with van der Waals surface area (Å²) in [6.07, 6.45) is 2.60. The second-order valence-corrected chi connectivity index (χ2v) is 6.73. The molecule has 3 N–H and O–H groups in total. The Labute approximate surface area is 152 Å². The molecule has 2 heterocycles. The highest BCUT2D eigenvalue weighted by atomic mass is 32.1. The number of primary amides is 1. The van der Waals surface area contributed by atoms with Crippen molar-refractivity contribution < 1.29 is 19.2 Å². The molecule has 1 aliphatic rings. The summed E-state index contributed by atoms with van der Waals surface area (Å²) in [5.41, 5.74) is 5.24. The maximum atomic E-state index is 12.0. The topological polar surface area (TPSA) is 96.6 Å². The summed E-state index contributed by atoms with van der Waals surface area (Å²) in [6.45, 7) is 7.28. The molecule has 1 amide bonds. The number of esters is 1. The van der Waals surface area contributed by atoms with Gasteiger partial charge < -0.3 is 19.9 Å². The Bertz CT molecular complexity index is 669. The molecular formula is C16H28N5O3S+. The average Bonchev–Trinajstić information content (AvgIpc) is 2.88. The van der Waals surface area contributed by atoms with Gasteiger partial charge in [0, 0.05) is 19.4 Å². The molecule has 8 nitrogen and oxygen atoms in total. The number of nitrogens with zero attached hydrogens (tertiary/aromatic N) is 3. The second-order valence-electron chi connectivity index (χ2n) is 6.36. The van der Waals surface area contributed by atoms with Crippen LogP contribution in [0.15, 0.2) is 0 Å². The minimum absolute atomic E-state index is 0.0551. The van der Waals surface area contributed by atoms with Gasteiger partial charge in [-0.25, -0.2) is 0 Å². The van der Waals surface area contributed by atoms with Gasteiger partial charge in [0.15, 0.2) is 6.67 Å². The van der Waals surface area contributed by atoms with Gasteiger partial charge in [-0.05, 0) is 38.9 Å². The smallest absolute Gasteiger partial charge is 0.314 e. The number of quaternary nitrogens is 1. The van der Waals surface area contributed by atoms with Crippen molar-refractivity contribution in [2.75, 3.05) is 19.7 Å². The Morgan fingerprint density at radius 2 is 2.20 bits per heavy atom. The first-order valence-electron chi connectivity index (χ1n) is 8.91. The number of aromatic nitrogens is 3. The minimum Gasteiger partial charge on any atom is -0.466 e. The average molecular weight is 370 g/mol. The Hall–Kier alpha value is -1.74. The van der Waals surface area contributed by atoms with Crippen molar-refractivity contribution in [2.24, 2.45) is 11.7 Å². The van der Waals surface area contributed by atoms with Crippen molar-refractivity contribution in [2.45, 2.75) is 52.7 Å². The molecule has 1 aromatic rings. The van der Waals surface area contributed by atoms with E-state index in [1.54, 1.807) is 4.68 Å². The van der Waals surface area contributed by atoms with Gasteiger partial charge in [0.25, 0.3) is 0 Å². The summed E-state index contributed by atoms with van der Waals surface area (Å²) in [4.78, 5) is 24.3. The molecule has 0 aromatic carbocycles. The number of piperidine rings is 1. The second kappa shape index (κ2) is 9.10. The molecule has 2 rings (SSSR count). The number of likely N-dealkylation sites (tertiary alicyclic amines) is 1. The van der Waals surface area contributed by atoms with Gasteiger partial charge in [0.05, 0.1) is 19.7 Å². The lowest BCUT2D eigenvalue weighted by molar-refractivity contribution is -0.930. The maximum Gasteiger partial charge on any atom is 0.314 e. The third kappa shape index (κ3) is 5.12. The fourth-order valence-corrected chi connectivity index (χ4v) is 3.63. The molecule has 0 spiro atoms. The summed E-state index contributed by atoms with van der Waals surface area (Å²) in [5, 5.41) is 4.58. The van der Waals surface area contributed by atoms with E-state index in [0.29, 0.717) is 31.0 Å². The molecule has 25 heavy (non-hydrogen) atoms. The van der Waals surface area contributed by atoms with Gasteiger partial charge in [-0.2, -0.15) is 9.78 Å². The van der Waals surface area contributed by atoms with Gasteiger partial charge in [-0.3, -0.25) is 9.59 Å². The molecule has 1 aromatic heterocycles. The van der Waals surface area contributed by atoms with Gasteiger partial charge in [0.2, 0.25) is 10.7 Å². The SMILES string of the molecule is CCOC(=O)[C@@H]1CCC[NH+](Cn2nc(CCC(N)=O)n(CC)c2=S)C1. The van der Waals surface area contributed by atoms with E-state index in [9.17, 15) is 9.59 Å². The number of hydrogen-bond donors (Lipinski definition) is 2. The number of aryl methyl sites for hydroxylation is 1. The molecule has 0 radical (unpaired) electrons. The molecule has 1 unspecified atom stereocenters. The Kier molecular flexibility index (Phi) is 7.12. The Morgan fingerprint density at radius 1 is 1.44 bits per heavy atom. The van der Waals surface area contributed by atoms with E-state index in [1.165, 1.54) is 4.90 Å². The Morgan fingerprint density at radius 3 is 2.84 bits per heavy atom. The van der Waals surface area contributed by atoms with Crippen molar-refractivity contribution in [1.82, 2.24) is 14.3 Å². The van der Waals surface area contributed by atoms with E-state index < -0.39 is 0 Å². The monoisotopic (exact) mass is 370 g/mol. The van der Waals surface area contributed by atoms with Crippen molar-refractivity contribution in [3.05, 3.63) is 10.6 Å². The normalized spacial score (nSPS) is 20.4. The number of ether oxygens (including phenoxy) is 1. The highest BCUT2D eigenvalue weighted by molar-refractivity contribution is 7.71. The zero-order valence-corrected chi connectivity index (χ0v) is 15.8. The summed E-state index contributed by atoms with van der Waals surface area (Å²) in [7, 11) is 0. The number of nitrogens with two attached hydrogens (primary N) is 1. The number of carbonyl (C=O) groups is 2. The first-order valence-corrected chi connectivity index (χ1v) is 9.32. The van der Waals surface area contributed by atoms with E-state index in [2.05, 4.69) is 5.10 Å². The highest BCUT2D eigenvalue weighted by Crippen LogP contribution is 2.10. The van der Waals surface area contributed by atoms with Crippen LogP contribution in [0.25, 0.3) is 0 Å². The van der Waals surface area contributed by atoms with Crippen molar-refractivity contribution in [3.8, 4) is 0 Å². The lowest BCUT2D eigenvalue weighted by atomic mass is 9.99. The standard InChI is InChI=1S/C16H27N5O3S/c1-3-20-14(8-7-13(17)22)18-21(16(20)25)11-19-9-5-6-12(10-19)15(23)24-4-2/h12H,3-11H2,1-2H3,(H2,17,22)/p+1/t12-/m1/s1. The minimum atomic E-state index is -0.345. The fraction of sp³-hybridized carbons (Fsp3) is 0.750. The van der Waals surface area contributed by atoms with Gasteiger partial charge in [-0.1, -0.05) is 0 Å². The summed E-state index contributed by atoms with van der Waals surface area (Å²) in [6, 6.07) is 0. The molecular weight excluding hydrogens is 342 g/mol. The van der Waals surface area contributed by atoms with Crippen LogP contribution in [0.3, 0.4) is 0 Å². The van der Waals surface area contributed by atoms with Crippen LogP contribution in [-0.2, 0) is 34.0 Å². The van der Waals surface area contributed by atoms with Crippen LogP contribution in [0.5, 0.6) is 0 Å². The van der Waals surface area contributed by atoms with Crippen LogP contribution < -0.4 is 10.6 Å². The zero-order valence-electron chi connectivity index (χ0n) is 15.0. The lowest BCUT2D eigenvalue weighted by Crippen LogP contribution is -3.13. The fourth-order valence-electron chi connectivity index (χ4n) is 3.29. The first-order chi connectivity index (χ1) is 12.0. The molecule has 140 valence electrons. The number of hydrogen-bond acceptors (Lipinski definition) is 5. The van der Waals surface area contributed by atoms with Crippen LogP contribution in [0.2, 0.25) is 0 Å². The zero-order chi connectivity index (χ0) is 18.4. The molecule has 2 atom stereocenters. The Balaban J connectivity index is 2.07. The molecule has 9 heteroatoms. The largest absolute Gasteiger partial charge is 0.466 e. The van der Waals surface area contributed by atoms with Crippen LogP contribution >= 0.6 is 12.2 Å². The summed E-state index contributed by atoms with van der Waals surface area (Å²) < 4.78 is 9.54. The predicted octanol–water partition coefficient (Wildman–Crippen LogP) is -0.333. The van der Waals surface area contributed by atoms with E-state index >= 15 is 0 Å². The van der Waals surface area contributed by atoms with Gasteiger partial charge in [-0.15, -0.1) is 0 Å². The third-order valence-corrected chi connectivity index (χ3v) is 4.95. The molecule has 0 aliphatic carbocycles. The van der Waals surface area contributed by atoms with E-state index in [-0.39, 0.29) is 24.2 Å². The predicted molar refractivity (Wildman–Crippen MR) is 94.3 cm³/mol. The van der Waals surface area contributed by atoms with E-state index in [1.807, 2.05) is 18.4 Å². The number of carbonyl (C=O) groups excluding carboxylic acids is 2. The molecule has 1 aliphatic heterocycles. The number of nitrogens with one attached hydrogen (secondary N) is 1. The summed E-state index contributed by atoms with van der Waals surface area (Å²) >= 11 is 5.53. The lowest BCUT2D eigenvalue weighted by Gasteiger charge is -2.28. The molecule has 1 fully saturated rings. The van der Waals surface area contributed by atoms with Crippen molar-refractivity contribution in [3.63, 3.8) is 0 Å². The molecule has 1 saturated heterocycles. The van der Waals surface area contributed by atoms with E-state index in [0.717, 1.165) is 31.8 Å². The number of rotatable bonds is 8. The molecule has 0 saturated carbocycles. The molecule has 0 bridgehead atoms. The third-order valence-electron chi connectivity index (χ3n) is 4.52. The van der Waals surface area contributed by atoms with Crippen molar-refractivity contribution >= 4 is 24.1 Å². The highest BCUT2D eigenvalue weighted by Gasteiger charge is 2.30. The van der Waals surface area contributed by atoms with Crippen molar-refractivity contribution in [1.29, 1.82) is 0 Å². The number of amides is 1. The van der Waals surface area contributed by atoms with Gasteiger partial charge >= 0.3 is 5.97 Å². The maximum absolute atomic E-state index is 12.0. The summed E-state index contributed by atoms with van der Waals surface area (Å²) in [5.74, 6) is 0.275. The van der Waals surface area contributed by atoms with Crippen LogP contribution in [0, 0.1) is 10.7 Å². The van der Waals surface area contributed by atoms with Crippen LogP contribution in [0.1, 0.15) is 38.9 Å². The quantitative estimate of drug-likeness (QED) is 0.482. The van der Waals surface area contributed by atoms with Gasteiger partial charge in [0.1, 0.15) is 11.7 Å².